The van der Waals surface area contributed by atoms with Crippen LogP contribution in [0.3, 0.4) is 0 Å². The number of ether oxygens (including phenoxy) is 1. The van der Waals surface area contributed by atoms with Crippen molar-refractivity contribution in [3.8, 4) is 0 Å². The van der Waals surface area contributed by atoms with Crippen LogP contribution in [0, 0.1) is 6.92 Å². The van der Waals surface area contributed by atoms with Crippen molar-refractivity contribution in [3.63, 3.8) is 0 Å². The number of nitrogen functional groups attached to an aromatic ring is 1. The smallest absolute Gasteiger partial charge is 0.238 e. The number of nitrogens with two attached hydrogens (primary N) is 1. The van der Waals surface area contributed by atoms with Gasteiger partial charge in [0.2, 0.25) is 5.91 Å². The van der Waals surface area contributed by atoms with Gasteiger partial charge in [0.05, 0.1) is 19.3 Å². The molecule has 116 valence electrons. The van der Waals surface area contributed by atoms with E-state index in [2.05, 4.69) is 17.1 Å². The fourth-order valence-electron chi connectivity index (χ4n) is 2.65. The number of carbonyl (C=O) groups is 1. The highest BCUT2D eigenvalue weighted by atomic mass is 16.5. The quantitative estimate of drug-likeness (QED) is 0.833. The lowest BCUT2D eigenvalue weighted by Crippen LogP contribution is -2.51. The number of rotatable bonds is 4. The zero-order valence-electron chi connectivity index (χ0n) is 13.1. The minimum Gasteiger partial charge on any atom is -0.398 e. The van der Waals surface area contributed by atoms with Crippen molar-refractivity contribution >= 4 is 17.3 Å². The summed E-state index contributed by atoms with van der Waals surface area (Å²) in [7, 11) is 0. The van der Waals surface area contributed by atoms with Crippen LogP contribution < -0.4 is 11.1 Å². The first-order valence-corrected chi connectivity index (χ1v) is 7.51. The molecule has 0 saturated carbocycles. The van der Waals surface area contributed by atoms with Crippen LogP contribution in [-0.4, -0.2) is 42.6 Å². The zero-order chi connectivity index (χ0) is 15.4. The van der Waals surface area contributed by atoms with E-state index in [9.17, 15) is 4.79 Å². The Morgan fingerprint density at radius 3 is 3.00 bits per heavy atom. The zero-order valence-corrected chi connectivity index (χ0v) is 13.1. The van der Waals surface area contributed by atoms with Crippen LogP contribution in [0.5, 0.6) is 0 Å². The number of hydrogen-bond donors (Lipinski definition) is 2. The van der Waals surface area contributed by atoms with E-state index in [1.807, 2.05) is 32.0 Å². The first-order valence-electron chi connectivity index (χ1n) is 7.51. The summed E-state index contributed by atoms with van der Waals surface area (Å²) in [5.74, 6) is -0.00347. The molecule has 2 rings (SSSR count). The van der Waals surface area contributed by atoms with Gasteiger partial charge in [0.25, 0.3) is 0 Å². The minimum absolute atomic E-state index is 0.00347. The maximum absolute atomic E-state index is 12.3. The maximum Gasteiger partial charge on any atom is 0.238 e. The van der Waals surface area contributed by atoms with E-state index in [1.54, 1.807) is 0 Å². The molecular weight excluding hydrogens is 266 g/mol. The molecule has 1 aromatic carbocycles. The third kappa shape index (κ3) is 3.95. The number of hydrogen-bond acceptors (Lipinski definition) is 4. The summed E-state index contributed by atoms with van der Waals surface area (Å²) in [4.78, 5) is 14.5. The number of morpholine rings is 1. The van der Waals surface area contributed by atoms with E-state index in [4.69, 9.17) is 10.5 Å². The van der Waals surface area contributed by atoms with Gasteiger partial charge < -0.3 is 15.8 Å². The third-order valence-electron chi connectivity index (χ3n) is 4.05. The molecule has 0 spiro atoms. The molecule has 1 aliphatic heterocycles. The Labute approximate surface area is 126 Å². The molecule has 1 aromatic rings. The fraction of sp³-hybridized carbons (Fsp3) is 0.562. The van der Waals surface area contributed by atoms with Crippen LogP contribution in [0.1, 0.15) is 25.8 Å². The summed E-state index contributed by atoms with van der Waals surface area (Å²) >= 11 is 0. The van der Waals surface area contributed by atoms with E-state index in [0.29, 0.717) is 24.9 Å². The Kier molecular flexibility index (Phi) is 5.20. The van der Waals surface area contributed by atoms with Gasteiger partial charge in [-0.3, -0.25) is 9.69 Å². The lowest BCUT2D eigenvalue weighted by Gasteiger charge is -2.37. The molecule has 5 nitrogen and oxygen atoms in total. The molecule has 1 heterocycles. The first-order chi connectivity index (χ1) is 10.0. The normalized spacial score (nSPS) is 23.0. The standard InChI is InChI=1S/C16H25N3O2/c1-4-13-10-21-11(2)8-19(13)9-16(20)18-15-7-5-6-14(17)12(15)3/h5-7,11,13H,4,8-10,17H2,1-3H3,(H,18,20). The molecule has 1 aliphatic rings. The van der Waals surface area contributed by atoms with Crippen molar-refractivity contribution in [1.82, 2.24) is 4.90 Å². The molecule has 2 unspecified atom stereocenters. The summed E-state index contributed by atoms with van der Waals surface area (Å²) in [6, 6.07) is 5.88. The maximum atomic E-state index is 12.3. The van der Waals surface area contributed by atoms with Crippen molar-refractivity contribution in [1.29, 1.82) is 0 Å². The van der Waals surface area contributed by atoms with E-state index in [-0.39, 0.29) is 12.0 Å². The molecule has 1 saturated heterocycles. The van der Waals surface area contributed by atoms with Crippen molar-refractivity contribution in [2.75, 3.05) is 30.7 Å². The van der Waals surface area contributed by atoms with E-state index in [1.165, 1.54) is 0 Å². The molecule has 1 amide bonds. The summed E-state index contributed by atoms with van der Waals surface area (Å²) in [5, 5.41) is 2.96. The summed E-state index contributed by atoms with van der Waals surface area (Å²) in [6.45, 7) is 7.96. The van der Waals surface area contributed by atoms with E-state index >= 15 is 0 Å². The Morgan fingerprint density at radius 1 is 1.52 bits per heavy atom. The molecule has 2 atom stereocenters. The monoisotopic (exact) mass is 291 g/mol. The fourth-order valence-corrected chi connectivity index (χ4v) is 2.65. The SMILES string of the molecule is CCC1COC(C)CN1CC(=O)Nc1cccc(N)c1C. The van der Waals surface area contributed by atoms with Gasteiger partial charge in [-0.25, -0.2) is 0 Å². The third-order valence-corrected chi connectivity index (χ3v) is 4.05. The van der Waals surface area contributed by atoms with Crippen LogP contribution in [0.4, 0.5) is 11.4 Å². The lowest BCUT2D eigenvalue weighted by molar-refractivity contribution is -0.121. The summed E-state index contributed by atoms with van der Waals surface area (Å²) < 4.78 is 5.66. The number of nitrogens with one attached hydrogen (secondary N) is 1. The van der Waals surface area contributed by atoms with E-state index in [0.717, 1.165) is 24.2 Å². The molecule has 0 radical (unpaired) electrons. The molecule has 0 aliphatic carbocycles. The molecule has 1 fully saturated rings. The highest BCUT2D eigenvalue weighted by Gasteiger charge is 2.27. The van der Waals surface area contributed by atoms with Crippen molar-refractivity contribution < 1.29 is 9.53 Å². The number of nitrogens with zero attached hydrogens (tertiary/aromatic N) is 1. The second-order valence-corrected chi connectivity index (χ2v) is 5.70. The molecule has 21 heavy (non-hydrogen) atoms. The number of amides is 1. The minimum atomic E-state index is -0.00347. The van der Waals surface area contributed by atoms with Crippen LogP contribution in [0.15, 0.2) is 18.2 Å². The topological polar surface area (TPSA) is 67.6 Å². The van der Waals surface area contributed by atoms with Gasteiger partial charge in [-0.05, 0) is 38.0 Å². The number of carbonyl (C=O) groups excluding carboxylic acids is 1. The molecular formula is C16H25N3O2. The van der Waals surface area contributed by atoms with Crippen molar-refractivity contribution in [2.45, 2.75) is 39.3 Å². The average molecular weight is 291 g/mol. The molecule has 0 aromatic heterocycles. The highest BCUT2D eigenvalue weighted by Crippen LogP contribution is 2.21. The first kappa shape index (κ1) is 15.8. The number of benzene rings is 1. The van der Waals surface area contributed by atoms with Crippen molar-refractivity contribution in [3.05, 3.63) is 23.8 Å². The summed E-state index contributed by atoms with van der Waals surface area (Å²) in [5.41, 5.74) is 8.25. The summed E-state index contributed by atoms with van der Waals surface area (Å²) in [6.07, 6.45) is 1.16. The Hall–Kier alpha value is -1.59. The predicted octanol–water partition coefficient (Wildman–Crippen LogP) is 2.02. The van der Waals surface area contributed by atoms with Gasteiger partial charge in [0, 0.05) is 24.0 Å². The van der Waals surface area contributed by atoms with Gasteiger partial charge in [-0.15, -0.1) is 0 Å². The Bertz CT molecular complexity index is 504. The highest BCUT2D eigenvalue weighted by molar-refractivity contribution is 5.93. The Morgan fingerprint density at radius 2 is 2.29 bits per heavy atom. The second kappa shape index (κ2) is 6.91. The van der Waals surface area contributed by atoms with Gasteiger partial charge in [-0.2, -0.15) is 0 Å². The average Bonchev–Trinajstić information content (AvgIpc) is 2.44. The molecule has 5 heteroatoms. The molecule has 0 bridgehead atoms. The van der Waals surface area contributed by atoms with E-state index < -0.39 is 0 Å². The Balaban J connectivity index is 1.98. The van der Waals surface area contributed by atoms with Crippen LogP contribution >= 0.6 is 0 Å². The lowest BCUT2D eigenvalue weighted by atomic mass is 10.1. The van der Waals surface area contributed by atoms with Crippen LogP contribution in [0.25, 0.3) is 0 Å². The largest absolute Gasteiger partial charge is 0.398 e. The van der Waals surface area contributed by atoms with Gasteiger partial charge >= 0.3 is 0 Å². The van der Waals surface area contributed by atoms with Crippen LogP contribution in [-0.2, 0) is 9.53 Å². The van der Waals surface area contributed by atoms with Gasteiger partial charge in [0.1, 0.15) is 0 Å². The van der Waals surface area contributed by atoms with Gasteiger partial charge in [0.15, 0.2) is 0 Å². The van der Waals surface area contributed by atoms with Gasteiger partial charge in [-0.1, -0.05) is 13.0 Å². The predicted molar refractivity (Wildman–Crippen MR) is 85.3 cm³/mol. The second-order valence-electron chi connectivity index (χ2n) is 5.70. The number of anilines is 2. The van der Waals surface area contributed by atoms with Crippen molar-refractivity contribution in [2.24, 2.45) is 0 Å². The van der Waals surface area contributed by atoms with Crippen LogP contribution in [0.2, 0.25) is 0 Å². The molecule has 3 N–H and O–H groups in total.